The fraction of sp³-hybridized carbons (Fsp3) is 0.222. The quantitative estimate of drug-likeness (QED) is 0.713. The lowest BCUT2D eigenvalue weighted by Crippen LogP contribution is -2.17. The van der Waals surface area contributed by atoms with E-state index in [0.717, 1.165) is 6.42 Å². The van der Waals surface area contributed by atoms with Crippen molar-refractivity contribution < 1.29 is 0 Å². The monoisotopic (exact) mass is 317 g/mol. The molecule has 0 saturated heterocycles. The summed E-state index contributed by atoms with van der Waals surface area (Å²) < 4.78 is 0. The third kappa shape index (κ3) is 2.68. The van der Waals surface area contributed by atoms with Gasteiger partial charge in [-0.15, -0.1) is 0 Å². The minimum absolute atomic E-state index is 0.333. The number of nitrogens with zero attached hydrogens (tertiary/aromatic N) is 1. The summed E-state index contributed by atoms with van der Waals surface area (Å²) in [5, 5.41) is 1.23. The van der Waals surface area contributed by atoms with Crippen molar-refractivity contribution in [3.05, 3.63) is 75.3 Å². The molecule has 0 heterocycles. The molecule has 0 fully saturated rings. The summed E-state index contributed by atoms with van der Waals surface area (Å²) in [6.07, 6.45) is 3.28. The van der Waals surface area contributed by atoms with Crippen molar-refractivity contribution in [1.29, 1.82) is 0 Å². The Morgan fingerprint density at radius 2 is 1.76 bits per heavy atom. The first-order chi connectivity index (χ1) is 10.1. The van der Waals surface area contributed by atoms with E-state index in [9.17, 15) is 0 Å². The van der Waals surface area contributed by atoms with Crippen LogP contribution in [0.2, 0.25) is 10.0 Å². The van der Waals surface area contributed by atoms with Crippen LogP contribution in [0.4, 0.5) is 0 Å². The van der Waals surface area contributed by atoms with Gasteiger partial charge in [-0.05, 0) is 29.7 Å². The van der Waals surface area contributed by atoms with Crippen LogP contribution in [0.1, 0.15) is 29.0 Å². The van der Waals surface area contributed by atoms with Gasteiger partial charge in [-0.2, -0.15) is 0 Å². The number of hydrogen-bond donors (Lipinski definition) is 0. The Labute approximate surface area is 135 Å². The van der Waals surface area contributed by atoms with E-state index in [0.29, 0.717) is 16.0 Å². The van der Waals surface area contributed by atoms with Crippen molar-refractivity contribution in [3.63, 3.8) is 0 Å². The van der Waals surface area contributed by atoms with Crippen LogP contribution < -0.4 is 0 Å². The van der Waals surface area contributed by atoms with Gasteiger partial charge in [0.2, 0.25) is 0 Å². The van der Waals surface area contributed by atoms with Gasteiger partial charge in [-0.3, -0.25) is 0 Å². The summed E-state index contributed by atoms with van der Waals surface area (Å²) >= 11 is 12.2. The lowest BCUT2D eigenvalue weighted by atomic mass is 9.81. The summed E-state index contributed by atoms with van der Waals surface area (Å²) in [5.41, 5.74) is 5.14. The zero-order valence-electron chi connectivity index (χ0n) is 12.1. The molecule has 1 aliphatic carbocycles. The lowest BCUT2D eigenvalue weighted by molar-refractivity contribution is 0.581. The second-order valence-corrected chi connectivity index (χ2v) is 6.35. The number of fused-ring (bicyclic) bond motifs is 1. The number of rotatable bonds is 2. The Bertz CT molecular complexity index is 704. The lowest BCUT2D eigenvalue weighted by Gasteiger charge is -2.29. The van der Waals surface area contributed by atoms with Crippen LogP contribution in [-0.2, 0) is 0 Å². The molecule has 0 amide bonds. The molecule has 3 rings (SSSR count). The van der Waals surface area contributed by atoms with Crippen LogP contribution in [0.3, 0.4) is 0 Å². The molecule has 0 radical (unpaired) electrons. The van der Waals surface area contributed by atoms with Gasteiger partial charge >= 0.3 is 0 Å². The predicted octanol–water partition coefficient (Wildman–Crippen LogP) is 5.43. The first kappa shape index (κ1) is 14.5. The van der Waals surface area contributed by atoms with E-state index in [-0.39, 0.29) is 0 Å². The highest BCUT2D eigenvalue weighted by molar-refractivity contribution is 6.42. The van der Waals surface area contributed by atoms with Crippen LogP contribution in [0.15, 0.2) is 48.5 Å². The second kappa shape index (κ2) is 5.75. The van der Waals surface area contributed by atoms with E-state index in [2.05, 4.69) is 55.4 Å². The van der Waals surface area contributed by atoms with Crippen LogP contribution in [0.25, 0.3) is 5.70 Å². The van der Waals surface area contributed by atoms with E-state index in [1.54, 1.807) is 0 Å². The van der Waals surface area contributed by atoms with Crippen molar-refractivity contribution in [2.24, 2.45) is 0 Å². The third-order valence-corrected chi connectivity index (χ3v) is 4.73. The van der Waals surface area contributed by atoms with Gasteiger partial charge in [0.05, 0.1) is 10.0 Å². The molecular formula is C18H17Cl2N. The van der Waals surface area contributed by atoms with Gasteiger partial charge < -0.3 is 4.90 Å². The minimum atomic E-state index is 0.333. The molecule has 2 aromatic rings. The van der Waals surface area contributed by atoms with E-state index in [1.165, 1.54) is 22.4 Å². The SMILES string of the molecule is CN(C)C1=CCC(c2ccc(Cl)c(Cl)c2)c2ccccc21. The third-order valence-electron chi connectivity index (χ3n) is 3.99. The highest BCUT2D eigenvalue weighted by Gasteiger charge is 2.23. The topological polar surface area (TPSA) is 3.24 Å². The maximum absolute atomic E-state index is 6.18. The van der Waals surface area contributed by atoms with Gasteiger partial charge in [0.1, 0.15) is 0 Å². The van der Waals surface area contributed by atoms with Gasteiger partial charge in [-0.25, -0.2) is 0 Å². The van der Waals surface area contributed by atoms with Gasteiger partial charge in [0, 0.05) is 31.3 Å². The normalized spacial score (nSPS) is 17.1. The number of hydrogen-bond acceptors (Lipinski definition) is 1. The molecule has 0 bridgehead atoms. The summed E-state index contributed by atoms with van der Waals surface area (Å²) in [4.78, 5) is 2.17. The van der Waals surface area contributed by atoms with Crippen molar-refractivity contribution in [2.75, 3.05) is 14.1 Å². The molecule has 1 aliphatic rings. The van der Waals surface area contributed by atoms with Crippen molar-refractivity contribution in [1.82, 2.24) is 4.90 Å². The Balaban J connectivity index is 2.08. The molecule has 0 aliphatic heterocycles. The van der Waals surface area contributed by atoms with E-state index >= 15 is 0 Å². The molecule has 1 unspecified atom stereocenters. The number of allylic oxidation sites excluding steroid dienone is 1. The Kier molecular flexibility index (Phi) is 3.97. The van der Waals surface area contributed by atoms with Gasteiger partial charge in [-0.1, -0.05) is 59.6 Å². The Morgan fingerprint density at radius 1 is 1.00 bits per heavy atom. The zero-order valence-corrected chi connectivity index (χ0v) is 13.6. The van der Waals surface area contributed by atoms with E-state index in [4.69, 9.17) is 23.2 Å². The summed E-state index contributed by atoms with van der Waals surface area (Å²) in [7, 11) is 4.17. The van der Waals surface area contributed by atoms with Crippen molar-refractivity contribution in [2.45, 2.75) is 12.3 Å². The van der Waals surface area contributed by atoms with Crippen molar-refractivity contribution >= 4 is 28.9 Å². The van der Waals surface area contributed by atoms with E-state index < -0.39 is 0 Å². The highest BCUT2D eigenvalue weighted by atomic mass is 35.5. The summed E-state index contributed by atoms with van der Waals surface area (Å²) in [5.74, 6) is 0.333. The molecule has 0 spiro atoms. The van der Waals surface area contributed by atoms with Crippen LogP contribution in [0.5, 0.6) is 0 Å². The largest absolute Gasteiger partial charge is 0.377 e. The Morgan fingerprint density at radius 3 is 2.48 bits per heavy atom. The maximum atomic E-state index is 6.18. The molecule has 108 valence electrons. The smallest absolute Gasteiger partial charge is 0.0595 e. The summed E-state index contributed by atoms with van der Waals surface area (Å²) in [6, 6.07) is 14.5. The molecule has 3 heteroatoms. The molecule has 1 nitrogen and oxygen atoms in total. The van der Waals surface area contributed by atoms with Crippen LogP contribution in [-0.4, -0.2) is 19.0 Å². The zero-order chi connectivity index (χ0) is 15.0. The first-order valence-corrected chi connectivity index (χ1v) is 7.75. The van der Waals surface area contributed by atoms with Crippen molar-refractivity contribution in [3.8, 4) is 0 Å². The summed E-state index contributed by atoms with van der Waals surface area (Å²) in [6.45, 7) is 0. The molecule has 1 atom stereocenters. The predicted molar refractivity (Wildman–Crippen MR) is 91.0 cm³/mol. The molecule has 0 N–H and O–H groups in total. The average molecular weight is 318 g/mol. The molecule has 21 heavy (non-hydrogen) atoms. The van der Waals surface area contributed by atoms with Crippen LogP contribution >= 0.6 is 23.2 Å². The maximum Gasteiger partial charge on any atom is 0.0595 e. The molecule has 0 saturated carbocycles. The second-order valence-electron chi connectivity index (χ2n) is 5.53. The van der Waals surface area contributed by atoms with Crippen LogP contribution in [0, 0.1) is 0 Å². The molecule has 2 aromatic carbocycles. The minimum Gasteiger partial charge on any atom is -0.377 e. The average Bonchev–Trinajstić information content (AvgIpc) is 2.49. The highest BCUT2D eigenvalue weighted by Crippen LogP contribution is 2.40. The van der Waals surface area contributed by atoms with E-state index in [1.807, 2.05) is 12.1 Å². The number of halogens is 2. The molecular weight excluding hydrogens is 301 g/mol. The Hall–Kier alpha value is -1.44. The fourth-order valence-electron chi connectivity index (χ4n) is 2.97. The molecule has 0 aromatic heterocycles. The van der Waals surface area contributed by atoms with Gasteiger partial charge in [0.25, 0.3) is 0 Å². The fourth-order valence-corrected chi connectivity index (χ4v) is 3.28. The standard InChI is InChI=1S/C18H17Cl2N/c1-21(2)18-10-8-13(14-5-3-4-6-15(14)18)12-7-9-16(19)17(20)11-12/h3-7,9-11,13H,8H2,1-2H3. The first-order valence-electron chi connectivity index (χ1n) is 6.99. The van der Waals surface area contributed by atoms with Gasteiger partial charge in [0.15, 0.2) is 0 Å². The number of benzene rings is 2.